The summed E-state index contributed by atoms with van der Waals surface area (Å²) in [6.45, 7) is 1.52. The quantitative estimate of drug-likeness (QED) is 0.821. The molecule has 0 saturated carbocycles. The van der Waals surface area contributed by atoms with Crippen LogP contribution in [0.4, 0.5) is 0 Å². The number of carboxylic acids is 1. The molecule has 1 aromatic carbocycles. The minimum Gasteiger partial charge on any atom is -0.493 e. The van der Waals surface area contributed by atoms with Crippen molar-refractivity contribution in [3.63, 3.8) is 0 Å². The van der Waals surface area contributed by atoms with Crippen molar-refractivity contribution in [2.45, 2.75) is 31.7 Å². The number of hydrogen-bond acceptors (Lipinski definition) is 4. The number of nitrogens with zero attached hydrogens (tertiary/aromatic N) is 3. The van der Waals surface area contributed by atoms with E-state index in [1.165, 1.54) is 4.68 Å². The lowest BCUT2D eigenvalue weighted by atomic mass is 9.94. The number of carboxylic acid groups (broad SMARTS) is 1. The Kier molecular flexibility index (Phi) is 5.88. The third-order valence-corrected chi connectivity index (χ3v) is 4.55. The van der Waals surface area contributed by atoms with E-state index in [1.54, 1.807) is 6.20 Å². The van der Waals surface area contributed by atoms with Crippen molar-refractivity contribution in [1.29, 1.82) is 0 Å². The average molecular weight is 357 g/mol. The van der Waals surface area contributed by atoms with Crippen molar-refractivity contribution in [2.24, 2.45) is 0 Å². The Morgan fingerprint density at radius 3 is 2.81 bits per heavy atom. The Morgan fingerprint density at radius 1 is 1.23 bits per heavy atom. The number of aliphatic carboxylic acids is 1. The molecule has 7 heteroatoms. The zero-order valence-electron chi connectivity index (χ0n) is 14.6. The van der Waals surface area contributed by atoms with E-state index in [-0.39, 0.29) is 18.4 Å². The van der Waals surface area contributed by atoms with Gasteiger partial charge in [-0.2, -0.15) is 5.10 Å². The SMILES string of the molecule is O=C(O)Cn1nccc1[C@@H]1CCCN(C(=O)CCOc2ccccc2)C1. The minimum absolute atomic E-state index is 0.0648. The summed E-state index contributed by atoms with van der Waals surface area (Å²) in [7, 11) is 0. The molecular formula is C19H23N3O4. The van der Waals surface area contributed by atoms with Gasteiger partial charge in [0.05, 0.1) is 13.0 Å². The van der Waals surface area contributed by atoms with E-state index >= 15 is 0 Å². The lowest BCUT2D eigenvalue weighted by Crippen LogP contribution is -2.40. The summed E-state index contributed by atoms with van der Waals surface area (Å²) in [5.74, 6) is 0.0191. The van der Waals surface area contributed by atoms with E-state index in [4.69, 9.17) is 9.84 Å². The van der Waals surface area contributed by atoms with Gasteiger partial charge in [0.2, 0.25) is 5.91 Å². The fourth-order valence-corrected chi connectivity index (χ4v) is 3.33. The van der Waals surface area contributed by atoms with E-state index in [1.807, 2.05) is 41.3 Å². The molecule has 1 atom stereocenters. The molecule has 7 nitrogen and oxygen atoms in total. The molecule has 26 heavy (non-hydrogen) atoms. The van der Waals surface area contributed by atoms with E-state index in [0.717, 1.165) is 30.8 Å². The van der Waals surface area contributed by atoms with Gasteiger partial charge in [0.25, 0.3) is 0 Å². The second-order valence-electron chi connectivity index (χ2n) is 6.40. The highest BCUT2D eigenvalue weighted by Gasteiger charge is 2.27. The van der Waals surface area contributed by atoms with Crippen molar-refractivity contribution in [3.8, 4) is 5.75 Å². The fraction of sp³-hybridized carbons (Fsp3) is 0.421. The molecule has 1 fully saturated rings. The molecule has 1 aliphatic rings. The first-order valence-corrected chi connectivity index (χ1v) is 8.82. The molecule has 2 heterocycles. The molecule has 0 bridgehead atoms. The van der Waals surface area contributed by atoms with Crippen LogP contribution in [-0.4, -0.2) is 51.4 Å². The third-order valence-electron chi connectivity index (χ3n) is 4.55. The minimum atomic E-state index is -0.920. The standard InChI is InChI=1S/C19H23N3O4/c23-18(9-12-26-16-6-2-1-3-7-16)21-11-4-5-15(13-21)17-8-10-20-22(17)14-19(24)25/h1-3,6-8,10,15H,4-5,9,11-14H2,(H,24,25)/t15-/m1/s1. The molecular weight excluding hydrogens is 334 g/mol. The van der Waals surface area contributed by atoms with Crippen LogP contribution in [0, 0.1) is 0 Å². The highest BCUT2D eigenvalue weighted by atomic mass is 16.5. The monoisotopic (exact) mass is 357 g/mol. The molecule has 3 rings (SSSR count). The van der Waals surface area contributed by atoms with E-state index in [0.29, 0.717) is 19.6 Å². The van der Waals surface area contributed by atoms with Gasteiger partial charge < -0.3 is 14.7 Å². The predicted octanol–water partition coefficient (Wildman–Crippen LogP) is 2.14. The van der Waals surface area contributed by atoms with Gasteiger partial charge in [0, 0.05) is 30.9 Å². The number of piperidine rings is 1. The van der Waals surface area contributed by atoms with Crippen LogP contribution < -0.4 is 4.74 Å². The highest BCUT2D eigenvalue weighted by Crippen LogP contribution is 2.27. The van der Waals surface area contributed by atoms with Crippen LogP contribution in [0.3, 0.4) is 0 Å². The fourth-order valence-electron chi connectivity index (χ4n) is 3.33. The Balaban J connectivity index is 1.54. The van der Waals surface area contributed by atoms with Crippen LogP contribution in [0.15, 0.2) is 42.6 Å². The second kappa shape index (κ2) is 8.51. The van der Waals surface area contributed by atoms with Gasteiger partial charge >= 0.3 is 5.97 Å². The molecule has 0 radical (unpaired) electrons. The van der Waals surface area contributed by atoms with Crippen molar-refractivity contribution in [1.82, 2.24) is 14.7 Å². The first-order chi connectivity index (χ1) is 12.6. The Bertz CT molecular complexity index is 744. The number of rotatable bonds is 7. The van der Waals surface area contributed by atoms with Crippen LogP contribution in [0.5, 0.6) is 5.75 Å². The van der Waals surface area contributed by atoms with Crippen LogP contribution in [-0.2, 0) is 16.1 Å². The second-order valence-corrected chi connectivity index (χ2v) is 6.40. The molecule has 1 saturated heterocycles. The van der Waals surface area contributed by atoms with Gasteiger partial charge in [0.15, 0.2) is 0 Å². The topological polar surface area (TPSA) is 84.7 Å². The molecule has 1 aliphatic heterocycles. The first kappa shape index (κ1) is 18.0. The van der Waals surface area contributed by atoms with Crippen LogP contribution in [0.1, 0.15) is 30.9 Å². The van der Waals surface area contributed by atoms with Crippen molar-refractivity contribution >= 4 is 11.9 Å². The Labute approximate surface area is 152 Å². The van der Waals surface area contributed by atoms with Crippen molar-refractivity contribution in [2.75, 3.05) is 19.7 Å². The number of carbonyl (C=O) groups excluding carboxylic acids is 1. The molecule has 0 aliphatic carbocycles. The summed E-state index contributed by atoms with van der Waals surface area (Å²) in [5.41, 5.74) is 0.880. The van der Waals surface area contributed by atoms with Gasteiger partial charge in [-0.05, 0) is 31.0 Å². The Morgan fingerprint density at radius 2 is 2.04 bits per heavy atom. The number of amides is 1. The van der Waals surface area contributed by atoms with Gasteiger partial charge in [-0.15, -0.1) is 0 Å². The average Bonchev–Trinajstić information content (AvgIpc) is 3.10. The normalized spacial score (nSPS) is 17.1. The van der Waals surface area contributed by atoms with E-state index in [9.17, 15) is 9.59 Å². The summed E-state index contributed by atoms with van der Waals surface area (Å²) in [4.78, 5) is 25.3. The van der Waals surface area contributed by atoms with Crippen LogP contribution in [0.2, 0.25) is 0 Å². The number of ether oxygens (including phenoxy) is 1. The molecule has 1 N–H and O–H groups in total. The lowest BCUT2D eigenvalue weighted by molar-refractivity contribution is -0.138. The molecule has 0 spiro atoms. The maximum atomic E-state index is 12.5. The van der Waals surface area contributed by atoms with Gasteiger partial charge in [-0.3, -0.25) is 14.3 Å². The van der Waals surface area contributed by atoms with Gasteiger partial charge in [-0.25, -0.2) is 0 Å². The maximum Gasteiger partial charge on any atom is 0.325 e. The summed E-state index contributed by atoms with van der Waals surface area (Å²) in [5, 5.41) is 13.1. The number of para-hydroxylation sites is 1. The van der Waals surface area contributed by atoms with Crippen LogP contribution >= 0.6 is 0 Å². The largest absolute Gasteiger partial charge is 0.493 e. The Hall–Kier alpha value is -2.83. The molecule has 0 unspecified atom stereocenters. The number of carbonyl (C=O) groups is 2. The maximum absolute atomic E-state index is 12.5. The molecule has 1 aromatic heterocycles. The predicted molar refractivity (Wildman–Crippen MR) is 95.0 cm³/mol. The molecule has 1 amide bonds. The lowest BCUT2D eigenvalue weighted by Gasteiger charge is -2.33. The number of benzene rings is 1. The summed E-state index contributed by atoms with van der Waals surface area (Å²) < 4.78 is 7.12. The zero-order chi connectivity index (χ0) is 18.4. The number of hydrogen-bond donors (Lipinski definition) is 1. The summed E-state index contributed by atoms with van der Waals surface area (Å²) in [6.07, 6.45) is 3.77. The summed E-state index contributed by atoms with van der Waals surface area (Å²) in [6, 6.07) is 11.3. The summed E-state index contributed by atoms with van der Waals surface area (Å²) >= 11 is 0. The smallest absolute Gasteiger partial charge is 0.325 e. The zero-order valence-corrected chi connectivity index (χ0v) is 14.6. The van der Waals surface area contributed by atoms with E-state index < -0.39 is 5.97 Å². The third kappa shape index (κ3) is 4.62. The van der Waals surface area contributed by atoms with Crippen molar-refractivity contribution in [3.05, 3.63) is 48.3 Å². The number of aromatic nitrogens is 2. The highest BCUT2D eigenvalue weighted by molar-refractivity contribution is 5.76. The molecule has 2 aromatic rings. The van der Waals surface area contributed by atoms with Gasteiger partial charge in [0.1, 0.15) is 12.3 Å². The van der Waals surface area contributed by atoms with Crippen LogP contribution in [0.25, 0.3) is 0 Å². The number of likely N-dealkylation sites (tertiary alicyclic amines) is 1. The van der Waals surface area contributed by atoms with Crippen molar-refractivity contribution < 1.29 is 19.4 Å². The molecule has 138 valence electrons. The van der Waals surface area contributed by atoms with Gasteiger partial charge in [-0.1, -0.05) is 18.2 Å². The van der Waals surface area contributed by atoms with E-state index in [2.05, 4.69) is 5.10 Å². The first-order valence-electron chi connectivity index (χ1n) is 8.82.